The van der Waals surface area contributed by atoms with Crippen molar-refractivity contribution in [3.8, 4) is 34.5 Å². The van der Waals surface area contributed by atoms with Gasteiger partial charge in [-0.25, -0.2) is 21.6 Å². The maximum Gasteiger partial charge on any atom is 0.265 e. The van der Waals surface area contributed by atoms with Crippen molar-refractivity contribution in [2.45, 2.75) is 61.4 Å². The number of halogens is 7. The van der Waals surface area contributed by atoms with Gasteiger partial charge in [-0.3, -0.25) is 0 Å². The van der Waals surface area contributed by atoms with Crippen LogP contribution in [0.25, 0.3) is 0 Å². The van der Waals surface area contributed by atoms with Gasteiger partial charge in [0.1, 0.15) is 32.8 Å². The predicted molar refractivity (Wildman–Crippen MR) is 226 cm³/mol. The highest BCUT2D eigenvalue weighted by atomic mass is 79.9. The van der Waals surface area contributed by atoms with Gasteiger partial charge in [0.15, 0.2) is 11.5 Å². The molecule has 0 aliphatic heterocycles. The molecule has 6 rings (SSSR count). The standard InChI is InChI=1S/C18H18BrCl2NO4S.C13H8BrCl3O4S.C5H11N/c1-10-5-12(6-10)22-27(23,24)17-9-13(3-4-16(17)25-2)26-18-14(20)7-11(19)8-15(18)21;1-20-11-3-2-8(6-12(11)22(17,18)19)21-13-9(15)4-7(14)5-10(13)16;1-4-2-5(6)3-4/h3-4,7-10,12,22H,5-6H2,1-2H3;2-6H,1H3;4-5H,2-3,6H2,1H3. The van der Waals surface area contributed by atoms with Crippen LogP contribution in [0.4, 0.5) is 0 Å². The number of hydrogen-bond acceptors (Lipinski definition) is 9. The van der Waals surface area contributed by atoms with Gasteiger partial charge in [-0.15, -0.1) is 0 Å². The molecule has 55 heavy (non-hydrogen) atoms. The first-order valence-electron chi connectivity index (χ1n) is 16.4. The summed E-state index contributed by atoms with van der Waals surface area (Å²) in [6.45, 7) is 4.33. The predicted octanol–water partition coefficient (Wildman–Crippen LogP) is 11.9. The van der Waals surface area contributed by atoms with Crippen LogP contribution in [-0.4, -0.2) is 43.1 Å². The topological polar surface area (TPSA) is 143 Å². The van der Waals surface area contributed by atoms with Crippen molar-refractivity contribution >= 4 is 108 Å². The fraction of sp³-hybridized carbons (Fsp3) is 0.333. The molecule has 0 radical (unpaired) electrons. The van der Waals surface area contributed by atoms with Gasteiger partial charge in [0.2, 0.25) is 10.0 Å². The van der Waals surface area contributed by atoms with Crippen molar-refractivity contribution in [3.63, 3.8) is 0 Å². The number of rotatable bonds is 10. The molecule has 19 heteroatoms. The molecule has 2 saturated carbocycles. The fourth-order valence-corrected chi connectivity index (χ4v) is 10.6. The minimum atomic E-state index is -3.99. The van der Waals surface area contributed by atoms with Crippen molar-refractivity contribution < 1.29 is 35.8 Å². The lowest BCUT2D eigenvalue weighted by atomic mass is 9.83. The molecule has 3 N–H and O–H groups in total. The second-order valence-electron chi connectivity index (χ2n) is 12.9. The number of methoxy groups -OCH3 is 2. The second-order valence-corrected chi connectivity index (χ2v) is 20.6. The van der Waals surface area contributed by atoms with Gasteiger partial charge in [-0.2, -0.15) is 0 Å². The third-order valence-electron chi connectivity index (χ3n) is 8.29. The molecule has 4 aromatic carbocycles. The van der Waals surface area contributed by atoms with Crippen molar-refractivity contribution in [2.75, 3.05) is 14.2 Å². The zero-order valence-corrected chi connectivity index (χ0v) is 38.3. The molecule has 4 aromatic rings. The van der Waals surface area contributed by atoms with E-state index in [1.165, 1.54) is 57.4 Å². The number of sulfonamides is 1. The van der Waals surface area contributed by atoms with Crippen molar-refractivity contribution in [1.82, 2.24) is 4.72 Å². The molecule has 300 valence electrons. The van der Waals surface area contributed by atoms with Crippen molar-refractivity contribution in [2.24, 2.45) is 17.6 Å². The minimum absolute atomic E-state index is 0.00593. The molecule has 0 saturated heterocycles. The fourth-order valence-electron chi connectivity index (χ4n) is 5.58. The zero-order chi connectivity index (χ0) is 40.8. The van der Waals surface area contributed by atoms with Crippen LogP contribution in [0.1, 0.15) is 39.5 Å². The molecule has 0 unspecified atom stereocenters. The molecular formula is C36H37Br2Cl5N2O8S2. The third-order valence-corrected chi connectivity index (χ3v) is 13.2. The van der Waals surface area contributed by atoms with Crippen molar-refractivity contribution in [1.29, 1.82) is 0 Å². The van der Waals surface area contributed by atoms with Gasteiger partial charge in [-0.1, -0.05) is 92.1 Å². The Kier molecular flexibility index (Phi) is 16.6. The van der Waals surface area contributed by atoms with E-state index in [9.17, 15) is 16.8 Å². The summed E-state index contributed by atoms with van der Waals surface area (Å²) in [6.07, 6.45) is 4.14. The SMILES string of the molecule is CC1CC(N)C1.COc1ccc(Oc2c(Cl)cc(Br)cc2Cl)cc1S(=O)(=O)Cl.COc1ccc(Oc2c(Cl)cc(Br)cc2Cl)cc1S(=O)(=O)NC1CC(C)C1. The van der Waals surface area contributed by atoms with Crippen LogP contribution in [0.2, 0.25) is 20.1 Å². The first kappa shape index (κ1) is 46.0. The van der Waals surface area contributed by atoms with Crippen LogP contribution >= 0.6 is 88.9 Å². The number of hydrogen-bond donors (Lipinski definition) is 2. The Hall–Kier alpha value is -1.69. The average Bonchev–Trinajstić information content (AvgIpc) is 3.06. The Balaban J connectivity index is 0.000000215. The van der Waals surface area contributed by atoms with Crippen LogP contribution in [0.15, 0.2) is 79.4 Å². The summed E-state index contributed by atoms with van der Waals surface area (Å²) < 4.78 is 74.4. The van der Waals surface area contributed by atoms with Gasteiger partial charge >= 0.3 is 0 Å². The Bertz CT molecular complexity index is 2170. The Labute approximate surface area is 362 Å². The molecule has 2 aliphatic rings. The first-order valence-corrected chi connectivity index (χ1v) is 23.3. The molecule has 0 heterocycles. The maximum absolute atomic E-state index is 12.8. The second kappa shape index (κ2) is 19.8. The molecular weight excluding hydrogens is 990 g/mol. The first-order chi connectivity index (χ1) is 25.7. The van der Waals surface area contributed by atoms with E-state index in [0.29, 0.717) is 31.0 Å². The van der Waals surface area contributed by atoms with E-state index < -0.39 is 19.1 Å². The Morgan fingerprint density at radius 2 is 1.04 bits per heavy atom. The van der Waals surface area contributed by atoms with Gasteiger partial charge in [0, 0.05) is 43.8 Å². The molecule has 0 bridgehead atoms. The van der Waals surface area contributed by atoms with E-state index in [2.05, 4.69) is 50.4 Å². The van der Waals surface area contributed by atoms with Crippen LogP contribution in [0, 0.1) is 11.8 Å². The zero-order valence-electron chi connectivity index (χ0n) is 29.7. The lowest BCUT2D eigenvalue weighted by Gasteiger charge is -2.33. The highest BCUT2D eigenvalue weighted by Gasteiger charge is 2.31. The Morgan fingerprint density at radius 3 is 1.36 bits per heavy atom. The molecule has 0 atom stereocenters. The molecule has 0 aromatic heterocycles. The smallest absolute Gasteiger partial charge is 0.265 e. The maximum atomic E-state index is 12.8. The minimum Gasteiger partial charge on any atom is -0.495 e. The van der Waals surface area contributed by atoms with Crippen molar-refractivity contribution in [3.05, 3.63) is 89.7 Å². The van der Waals surface area contributed by atoms with E-state index >= 15 is 0 Å². The summed E-state index contributed by atoms with van der Waals surface area (Å²) in [5.74, 6) is 2.71. The average molecular weight is 1030 g/mol. The summed E-state index contributed by atoms with van der Waals surface area (Å²) in [7, 11) is 0.385. The number of nitrogens with one attached hydrogen (secondary N) is 1. The summed E-state index contributed by atoms with van der Waals surface area (Å²) in [6, 6.07) is 15.7. The van der Waals surface area contributed by atoms with Gasteiger partial charge in [-0.05, 0) is 86.1 Å². The summed E-state index contributed by atoms with van der Waals surface area (Å²) in [5, 5.41) is 1.14. The van der Waals surface area contributed by atoms with E-state index in [1.807, 2.05) is 0 Å². The van der Waals surface area contributed by atoms with E-state index in [4.69, 9.17) is 81.8 Å². The van der Waals surface area contributed by atoms with Crippen LogP contribution in [0.3, 0.4) is 0 Å². The van der Waals surface area contributed by atoms with Crippen LogP contribution < -0.4 is 29.4 Å². The van der Waals surface area contributed by atoms with E-state index in [-0.39, 0.29) is 60.4 Å². The van der Waals surface area contributed by atoms with E-state index in [1.54, 1.807) is 30.3 Å². The normalized spacial score (nSPS) is 19.0. The van der Waals surface area contributed by atoms with Gasteiger partial charge < -0.3 is 24.7 Å². The Morgan fingerprint density at radius 1 is 0.655 bits per heavy atom. The molecule has 2 aliphatic carbocycles. The lowest BCUT2D eigenvalue weighted by Crippen LogP contribution is -2.43. The highest BCUT2D eigenvalue weighted by Crippen LogP contribution is 2.42. The summed E-state index contributed by atoms with van der Waals surface area (Å²) in [4.78, 5) is -0.204. The molecule has 2 fully saturated rings. The number of nitrogens with two attached hydrogens (primary N) is 1. The summed E-state index contributed by atoms with van der Waals surface area (Å²) in [5.41, 5.74) is 5.47. The lowest BCUT2D eigenvalue weighted by molar-refractivity contribution is 0.270. The molecule has 0 amide bonds. The van der Waals surface area contributed by atoms with Gasteiger partial charge in [0.25, 0.3) is 9.05 Å². The monoisotopic (exact) mass is 1020 g/mol. The largest absolute Gasteiger partial charge is 0.495 e. The quantitative estimate of drug-likeness (QED) is 0.148. The molecule has 10 nitrogen and oxygen atoms in total. The van der Waals surface area contributed by atoms with Gasteiger partial charge in [0.05, 0.1) is 34.3 Å². The van der Waals surface area contributed by atoms with Crippen LogP contribution in [0.5, 0.6) is 34.5 Å². The third kappa shape index (κ3) is 12.9. The van der Waals surface area contributed by atoms with Crippen LogP contribution in [-0.2, 0) is 19.1 Å². The number of benzene rings is 4. The highest BCUT2D eigenvalue weighted by molar-refractivity contribution is 9.10. The van der Waals surface area contributed by atoms with E-state index in [0.717, 1.165) is 18.8 Å². The molecule has 0 spiro atoms. The number of ether oxygens (including phenoxy) is 4. The summed E-state index contributed by atoms with van der Waals surface area (Å²) >= 11 is 31.1.